The van der Waals surface area contributed by atoms with Crippen LogP contribution in [0.5, 0.6) is 0 Å². The fraction of sp³-hybridized carbons (Fsp3) is 0.286. The minimum absolute atomic E-state index is 0.550. The lowest BCUT2D eigenvalue weighted by Gasteiger charge is -2.18. The van der Waals surface area contributed by atoms with E-state index in [0.717, 1.165) is 36.0 Å². The first-order valence-corrected chi connectivity index (χ1v) is 8.19. The van der Waals surface area contributed by atoms with Gasteiger partial charge in [0.15, 0.2) is 0 Å². The highest BCUT2D eigenvalue weighted by Crippen LogP contribution is 2.43. The van der Waals surface area contributed by atoms with Crippen molar-refractivity contribution >= 4 is 12.0 Å². The quantitative estimate of drug-likeness (QED) is 0.808. The predicted octanol–water partition coefficient (Wildman–Crippen LogP) is 4.45. The van der Waals surface area contributed by atoms with E-state index in [4.69, 9.17) is 5.73 Å². The number of hydrogen-bond donors (Lipinski definition) is 0. The molecule has 0 aromatic heterocycles. The molecule has 23 heavy (non-hydrogen) atoms. The average Bonchev–Trinajstić information content (AvgIpc) is 3.00. The van der Waals surface area contributed by atoms with Gasteiger partial charge in [0.05, 0.1) is 5.56 Å². The molecule has 0 heterocycles. The van der Waals surface area contributed by atoms with Crippen LogP contribution in [0.2, 0.25) is 0 Å². The van der Waals surface area contributed by atoms with Crippen LogP contribution >= 0.6 is 0 Å². The fourth-order valence-electron chi connectivity index (χ4n) is 4.42. The molecule has 0 saturated carbocycles. The Labute approximate surface area is 137 Å². The summed E-state index contributed by atoms with van der Waals surface area (Å²) >= 11 is 0. The summed E-state index contributed by atoms with van der Waals surface area (Å²) in [7, 11) is 0. The normalized spacial score (nSPS) is 14.8. The van der Waals surface area contributed by atoms with E-state index < -0.39 is 5.91 Å². The van der Waals surface area contributed by atoms with E-state index in [1.807, 2.05) is 0 Å². The van der Waals surface area contributed by atoms with E-state index in [9.17, 15) is 4.79 Å². The third kappa shape index (κ3) is 1.91. The minimum Gasteiger partial charge on any atom is -0.267 e. The molecule has 4 rings (SSSR count). The monoisotopic (exact) mass is 302 g/mol. The highest BCUT2D eigenvalue weighted by Gasteiger charge is 2.29. The summed E-state index contributed by atoms with van der Waals surface area (Å²) in [5, 5.41) is 0. The topological polar surface area (TPSA) is 40.9 Å². The molecule has 2 aromatic carbocycles. The number of rotatable bonds is 2. The van der Waals surface area contributed by atoms with Gasteiger partial charge in [0.25, 0.3) is 5.91 Å². The van der Waals surface area contributed by atoms with E-state index in [-0.39, 0.29) is 0 Å². The molecule has 0 atom stereocenters. The zero-order valence-electron chi connectivity index (χ0n) is 13.8. The predicted molar refractivity (Wildman–Crippen MR) is 93.5 cm³/mol. The van der Waals surface area contributed by atoms with Crippen LogP contribution in [-0.2, 0) is 19.3 Å². The van der Waals surface area contributed by atoms with Gasteiger partial charge in [-0.25, -0.2) is 0 Å². The summed E-state index contributed by atoms with van der Waals surface area (Å²) in [6, 6.07) is 6.35. The number of carbonyl (C=O) groups is 1. The third-order valence-corrected chi connectivity index (χ3v) is 5.46. The molecule has 2 heteroatoms. The Bertz CT molecular complexity index is 903. The van der Waals surface area contributed by atoms with E-state index in [1.54, 1.807) is 0 Å². The molecule has 0 spiro atoms. The van der Waals surface area contributed by atoms with Gasteiger partial charge >= 0.3 is 0 Å². The standard InChI is InChI=1S/C21H20NO/c1-11-9-14-5-4-6-17(18(14)10-11)19-13(3)15-7-8-16(12(15)2)20(19)21(22)23/h4-6,10,22H,7-9H2,1-3H3. The minimum atomic E-state index is -0.550. The Kier molecular flexibility index (Phi) is 2.99. The molecule has 2 bridgehead atoms. The van der Waals surface area contributed by atoms with Gasteiger partial charge < -0.3 is 0 Å². The number of nitrogens with one attached hydrogen (secondary N) is 1. The fourth-order valence-corrected chi connectivity index (χ4v) is 4.42. The van der Waals surface area contributed by atoms with Crippen LogP contribution in [0.4, 0.5) is 0 Å². The molecule has 1 radical (unpaired) electrons. The van der Waals surface area contributed by atoms with E-state index >= 15 is 0 Å². The first kappa shape index (κ1) is 14.3. The van der Waals surface area contributed by atoms with Crippen LogP contribution in [0.3, 0.4) is 0 Å². The zero-order valence-corrected chi connectivity index (χ0v) is 13.8. The van der Waals surface area contributed by atoms with Crippen molar-refractivity contribution in [2.24, 2.45) is 0 Å². The number of allylic oxidation sites excluding steroid dienone is 1. The van der Waals surface area contributed by atoms with Gasteiger partial charge in [0.2, 0.25) is 0 Å². The Morgan fingerprint density at radius 3 is 2.52 bits per heavy atom. The Morgan fingerprint density at radius 2 is 1.78 bits per heavy atom. The highest BCUT2D eigenvalue weighted by atomic mass is 16.1. The van der Waals surface area contributed by atoms with Gasteiger partial charge in [-0.2, -0.15) is 0 Å². The van der Waals surface area contributed by atoms with Gasteiger partial charge in [-0.05, 0) is 84.5 Å². The van der Waals surface area contributed by atoms with Crippen molar-refractivity contribution in [1.82, 2.24) is 5.73 Å². The van der Waals surface area contributed by atoms with Crippen molar-refractivity contribution in [1.29, 1.82) is 0 Å². The van der Waals surface area contributed by atoms with Crippen LogP contribution in [0.15, 0.2) is 23.8 Å². The number of carbonyl (C=O) groups excluding carboxylic acids is 1. The Hall–Kier alpha value is -2.35. The maximum atomic E-state index is 12.2. The molecule has 1 N–H and O–H groups in total. The molecule has 0 saturated heterocycles. The second-order valence-corrected chi connectivity index (χ2v) is 6.83. The molecule has 0 unspecified atom stereocenters. The van der Waals surface area contributed by atoms with Crippen LogP contribution in [0.1, 0.15) is 50.7 Å². The molecule has 0 fully saturated rings. The molecule has 0 aliphatic heterocycles. The van der Waals surface area contributed by atoms with Crippen molar-refractivity contribution < 1.29 is 4.79 Å². The van der Waals surface area contributed by atoms with Crippen molar-refractivity contribution in [2.45, 2.75) is 40.0 Å². The number of amides is 1. The zero-order chi connectivity index (χ0) is 16.3. The maximum Gasteiger partial charge on any atom is 0.270 e. The van der Waals surface area contributed by atoms with Crippen molar-refractivity contribution in [3.63, 3.8) is 0 Å². The van der Waals surface area contributed by atoms with Gasteiger partial charge in [-0.1, -0.05) is 29.8 Å². The summed E-state index contributed by atoms with van der Waals surface area (Å²) < 4.78 is 0. The Morgan fingerprint density at radius 1 is 1.04 bits per heavy atom. The summed E-state index contributed by atoms with van der Waals surface area (Å²) in [6.45, 7) is 6.36. The van der Waals surface area contributed by atoms with E-state index in [0.29, 0.717) is 5.56 Å². The second kappa shape index (κ2) is 4.82. The smallest absolute Gasteiger partial charge is 0.267 e. The van der Waals surface area contributed by atoms with Gasteiger partial charge in [-0.3, -0.25) is 10.5 Å². The first-order chi connectivity index (χ1) is 11.0. The lowest BCUT2D eigenvalue weighted by molar-refractivity contribution is 0.0992. The highest BCUT2D eigenvalue weighted by molar-refractivity contribution is 6.04. The summed E-state index contributed by atoms with van der Waals surface area (Å²) in [5.41, 5.74) is 19.4. The number of hydrogen-bond acceptors (Lipinski definition) is 1. The number of fused-ring (bicyclic) bond motifs is 3. The van der Waals surface area contributed by atoms with Crippen LogP contribution in [0.25, 0.3) is 17.2 Å². The van der Waals surface area contributed by atoms with Crippen LogP contribution in [0, 0.1) is 13.8 Å². The molecule has 2 aliphatic carbocycles. The molecule has 2 aliphatic rings. The average molecular weight is 302 g/mol. The van der Waals surface area contributed by atoms with Crippen molar-refractivity contribution in [3.05, 3.63) is 62.7 Å². The van der Waals surface area contributed by atoms with Gasteiger partial charge in [-0.15, -0.1) is 0 Å². The van der Waals surface area contributed by atoms with Crippen LogP contribution in [-0.4, -0.2) is 5.91 Å². The molecule has 2 nitrogen and oxygen atoms in total. The molecule has 115 valence electrons. The van der Waals surface area contributed by atoms with Crippen molar-refractivity contribution in [3.8, 4) is 11.1 Å². The maximum absolute atomic E-state index is 12.2. The molecule has 1 amide bonds. The summed E-state index contributed by atoms with van der Waals surface area (Å²) in [5.74, 6) is -0.550. The first-order valence-electron chi connectivity index (χ1n) is 8.19. The largest absolute Gasteiger partial charge is 0.270 e. The van der Waals surface area contributed by atoms with Crippen LogP contribution < -0.4 is 5.73 Å². The lowest BCUT2D eigenvalue weighted by Crippen LogP contribution is -2.09. The third-order valence-electron chi connectivity index (χ3n) is 5.46. The van der Waals surface area contributed by atoms with E-state index in [1.165, 1.54) is 33.4 Å². The Balaban J connectivity index is 2.10. The number of benzene rings is 2. The second-order valence-electron chi connectivity index (χ2n) is 6.83. The van der Waals surface area contributed by atoms with E-state index in [2.05, 4.69) is 45.0 Å². The summed E-state index contributed by atoms with van der Waals surface area (Å²) in [4.78, 5) is 12.2. The van der Waals surface area contributed by atoms with Gasteiger partial charge in [0.1, 0.15) is 0 Å². The molecular weight excluding hydrogens is 282 g/mol. The summed E-state index contributed by atoms with van der Waals surface area (Å²) in [6.07, 6.45) is 5.11. The van der Waals surface area contributed by atoms with Gasteiger partial charge in [0, 0.05) is 0 Å². The SMILES string of the molecule is CC1=Cc2c(cccc2-c2c(C)c3c(C)c(c2C([NH])=O)CC3)C1. The lowest BCUT2D eigenvalue weighted by atomic mass is 9.85. The molecule has 2 aromatic rings. The molecular formula is C21H20NO. The van der Waals surface area contributed by atoms with Crippen molar-refractivity contribution in [2.75, 3.05) is 0 Å².